The molecule has 1 aromatic rings. The molecular weight excluding hydrogens is 228 g/mol. The Kier molecular flexibility index (Phi) is 3.38. The topological polar surface area (TPSA) is 27.7 Å². The molecule has 1 aliphatic heterocycles. The summed E-state index contributed by atoms with van der Waals surface area (Å²) in [6.07, 6.45) is -0.320. The summed E-state index contributed by atoms with van der Waals surface area (Å²) in [6, 6.07) is 5.67. The zero-order chi connectivity index (χ0) is 11.7. The Morgan fingerprint density at radius 1 is 1.25 bits per heavy atom. The van der Waals surface area contributed by atoms with E-state index in [1.54, 1.807) is 7.11 Å². The van der Waals surface area contributed by atoms with Crippen molar-refractivity contribution in [1.29, 1.82) is 0 Å². The van der Waals surface area contributed by atoms with Crippen molar-refractivity contribution in [3.8, 4) is 5.75 Å². The van der Waals surface area contributed by atoms with E-state index in [1.165, 1.54) is 0 Å². The van der Waals surface area contributed by atoms with E-state index in [0.717, 1.165) is 5.56 Å². The standard InChI is InChI=1S/C12H15ClO3/c1-7-12(16-8(2)15-7)9-5-4-6-10(14-3)11(9)13/h4-8,12H,1-3H3/t7-,8-,12-/m0/s1. The van der Waals surface area contributed by atoms with Crippen molar-refractivity contribution in [3.63, 3.8) is 0 Å². The van der Waals surface area contributed by atoms with E-state index in [9.17, 15) is 0 Å². The predicted octanol–water partition coefficient (Wildman–Crippen LogP) is 3.17. The van der Waals surface area contributed by atoms with Crippen LogP contribution in [0.1, 0.15) is 25.5 Å². The molecule has 1 saturated heterocycles. The fourth-order valence-corrected chi connectivity index (χ4v) is 2.26. The Balaban J connectivity index is 2.33. The summed E-state index contributed by atoms with van der Waals surface area (Å²) in [4.78, 5) is 0. The Labute approximate surface area is 100 Å². The van der Waals surface area contributed by atoms with Gasteiger partial charge in [0.15, 0.2) is 6.29 Å². The average molecular weight is 243 g/mol. The van der Waals surface area contributed by atoms with Gasteiger partial charge in [-0.15, -0.1) is 0 Å². The minimum absolute atomic E-state index is 0.000365. The van der Waals surface area contributed by atoms with E-state index in [4.69, 9.17) is 25.8 Å². The van der Waals surface area contributed by atoms with Gasteiger partial charge in [-0.25, -0.2) is 0 Å². The first kappa shape index (κ1) is 11.7. The third-order valence-corrected chi connectivity index (χ3v) is 3.09. The predicted molar refractivity (Wildman–Crippen MR) is 61.8 cm³/mol. The number of rotatable bonds is 2. The molecule has 1 fully saturated rings. The van der Waals surface area contributed by atoms with Crippen LogP contribution in [0.4, 0.5) is 0 Å². The highest BCUT2D eigenvalue weighted by atomic mass is 35.5. The summed E-state index contributed by atoms with van der Waals surface area (Å²) in [6.45, 7) is 3.86. The van der Waals surface area contributed by atoms with Gasteiger partial charge in [-0.05, 0) is 19.9 Å². The number of hydrogen-bond acceptors (Lipinski definition) is 3. The molecule has 16 heavy (non-hydrogen) atoms. The summed E-state index contributed by atoms with van der Waals surface area (Å²) in [7, 11) is 1.60. The molecule has 0 spiro atoms. The van der Waals surface area contributed by atoms with Gasteiger partial charge in [-0.2, -0.15) is 0 Å². The van der Waals surface area contributed by atoms with Crippen LogP contribution in [0.15, 0.2) is 18.2 Å². The molecule has 0 unspecified atom stereocenters. The van der Waals surface area contributed by atoms with E-state index in [-0.39, 0.29) is 18.5 Å². The highest BCUT2D eigenvalue weighted by Gasteiger charge is 2.33. The maximum atomic E-state index is 6.24. The lowest BCUT2D eigenvalue weighted by Crippen LogP contribution is -2.11. The van der Waals surface area contributed by atoms with Gasteiger partial charge >= 0.3 is 0 Å². The first-order valence-electron chi connectivity index (χ1n) is 5.26. The molecule has 0 amide bonds. The molecule has 3 atom stereocenters. The molecule has 0 aliphatic carbocycles. The van der Waals surface area contributed by atoms with Crippen LogP contribution in [-0.4, -0.2) is 19.5 Å². The molecule has 0 bridgehead atoms. The Bertz CT molecular complexity index is 381. The minimum Gasteiger partial charge on any atom is -0.495 e. The Morgan fingerprint density at radius 2 is 2.00 bits per heavy atom. The van der Waals surface area contributed by atoms with Crippen LogP contribution in [0, 0.1) is 0 Å². The summed E-state index contributed by atoms with van der Waals surface area (Å²) in [5, 5.41) is 0.597. The number of halogens is 1. The van der Waals surface area contributed by atoms with E-state index in [1.807, 2.05) is 32.0 Å². The normalized spacial score (nSPS) is 29.4. The molecular formula is C12H15ClO3. The van der Waals surface area contributed by atoms with Crippen LogP contribution >= 0.6 is 11.6 Å². The summed E-state index contributed by atoms with van der Waals surface area (Å²) in [5.74, 6) is 0.662. The van der Waals surface area contributed by atoms with E-state index >= 15 is 0 Å². The van der Waals surface area contributed by atoms with Crippen LogP contribution in [-0.2, 0) is 9.47 Å². The molecule has 0 N–H and O–H groups in total. The molecule has 88 valence electrons. The molecule has 4 heteroatoms. The van der Waals surface area contributed by atoms with Crippen LogP contribution < -0.4 is 4.74 Å². The second kappa shape index (κ2) is 4.62. The van der Waals surface area contributed by atoms with Gasteiger partial charge in [0.2, 0.25) is 0 Å². The fourth-order valence-electron chi connectivity index (χ4n) is 1.95. The molecule has 0 aromatic heterocycles. The second-order valence-corrected chi connectivity index (χ2v) is 4.21. The number of benzene rings is 1. The number of ether oxygens (including phenoxy) is 3. The first-order chi connectivity index (χ1) is 7.63. The van der Waals surface area contributed by atoms with Gasteiger partial charge in [0.25, 0.3) is 0 Å². The van der Waals surface area contributed by atoms with Crippen molar-refractivity contribution in [2.75, 3.05) is 7.11 Å². The molecule has 2 rings (SSSR count). The Hall–Kier alpha value is -0.770. The van der Waals surface area contributed by atoms with Gasteiger partial charge in [0, 0.05) is 5.56 Å². The van der Waals surface area contributed by atoms with Crippen molar-refractivity contribution < 1.29 is 14.2 Å². The van der Waals surface area contributed by atoms with Crippen LogP contribution in [0.5, 0.6) is 5.75 Å². The maximum absolute atomic E-state index is 6.24. The van der Waals surface area contributed by atoms with Crippen molar-refractivity contribution in [1.82, 2.24) is 0 Å². The molecule has 1 aromatic carbocycles. The lowest BCUT2D eigenvalue weighted by molar-refractivity contribution is -0.0494. The highest BCUT2D eigenvalue weighted by molar-refractivity contribution is 6.32. The molecule has 0 saturated carbocycles. The van der Waals surface area contributed by atoms with Gasteiger partial charge in [0.1, 0.15) is 11.9 Å². The zero-order valence-corrected chi connectivity index (χ0v) is 10.3. The summed E-state index contributed by atoms with van der Waals surface area (Å²) < 4.78 is 16.4. The SMILES string of the molecule is COc1cccc([C@H]2O[C@@H](C)O[C@H]2C)c1Cl. The smallest absolute Gasteiger partial charge is 0.156 e. The maximum Gasteiger partial charge on any atom is 0.156 e. The van der Waals surface area contributed by atoms with Gasteiger partial charge in [-0.3, -0.25) is 0 Å². The number of hydrogen-bond donors (Lipinski definition) is 0. The number of methoxy groups -OCH3 is 1. The van der Waals surface area contributed by atoms with Crippen LogP contribution in [0.2, 0.25) is 5.02 Å². The monoisotopic (exact) mass is 242 g/mol. The zero-order valence-electron chi connectivity index (χ0n) is 9.57. The van der Waals surface area contributed by atoms with E-state index < -0.39 is 0 Å². The van der Waals surface area contributed by atoms with Crippen molar-refractivity contribution >= 4 is 11.6 Å². The Morgan fingerprint density at radius 3 is 2.56 bits per heavy atom. The van der Waals surface area contributed by atoms with Gasteiger partial charge in [0.05, 0.1) is 18.2 Å². The quantitative estimate of drug-likeness (QED) is 0.797. The van der Waals surface area contributed by atoms with Crippen molar-refractivity contribution in [3.05, 3.63) is 28.8 Å². The molecule has 3 nitrogen and oxygen atoms in total. The van der Waals surface area contributed by atoms with Crippen LogP contribution in [0.25, 0.3) is 0 Å². The van der Waals surface area contributed by atoms with Crippen LogP contribution in [0.3, 0.4) is 0 Å². The second-order valence-electron chi connectivity index (χ2n) is 3.83. The average Bonchev–Trinajstić information content (AvgIpc) is 2.58. The third kappa shape index (κ3) is 2.03. The van der Waals surface area contributed by atoms with E-state index in [2.05, 4.69) is 0 Å². The largest absolute Gasteiger partial charge is 0.495 e. The van der Waals surface area contributed by atoms with E-state index in [0.29, 0.717) is 10.8 Å². The van der Waals surface area contributed by atoms with Crippen molar-refractivity contribution in [2.24, 2.45) is 0 Å². The first-order valence-corrected chi connectivity index (χ1v) is 5.64. The fraction of sp³-hybridized carbons (Fsp3) is 0.500. The highest BCUT2D eigenvalue weighted by Crippen LogP contribution is 2.39. The lowest BCUT2D eigenvalue weighted by atomic mass is 10.1. The third-order valence-electron chi connectivity index (χ3n) is 2.69. The molecule has 1 aliphatic rings. The summed E-state index contributed by atoms with van der Waals surface area (Å²) in [5.41, 5.74) is 0.915. The molecule has 1 heterocycles. The van der Waals surface area contributed by atoms with Gasteiger partial charge < -0.3 is 14.2 Å². The van der Waals surface area contributed by atoms with Crippen molar-refractivity contribution in [2.45, 2.75) is 32.3 Å². The lowest BCUT2D eigenvalue weighted by Gasteiger charge is -2.16. The molecule has 0 radical (unpaired) electrons. The van der Waals surface area contributed by atoms with Gasteiger partial charge in [-0.1, -0.05) is 23.7 Å². The minimum atomic E-state index is -0.192. The summed E-state index contributed by atoms with van der Waals surface area (Å²) >= 11 is 6.24.